The molecule has 3 rings (SSSR count). The predicted octanol–water partition coefficient (Wildman–Crippen LogP) is 5.41. The zero-order valence-electron chi connectivity index (χ0n) is 16.9. The van der Waals surface area contributed by atoms with Gasteiger partial charge in [0.1, 0.15) is 11.5 Å². The minimum absolute atomic E-state index is 0.201. The largest absolute Gasteiger partial charge is 0.494 e. The van der Waals surface area contributed by atoms with E-state index in [1.807, 2.05) is 73.7 Å². The summed E-state index contributed by atoms with van der Waals surface area (Å²) in [7, 11) is 0. The summed E-state index contributed by atoms with van der Waals surface area (Å²) in [5, 5.41) is 2.89. The molecule has 0 fully saturated rings. The van der Waals surface area contributed by atoms with Gasteiger partial charge in [0.05, 0.1) is 6.61 Å². The third-order valence-electron chi connectivity index (χ3n) is 4.49. The standard InChI is InChI=1S/C25H27NO3/c1-19-9-6-15-24(17-19)29-20(2)25(27)26-22-13-7-14-23(18-22)28-16-8-12-21-10-4-3-5-11-21/h3-7,9-11,13-15,17-18,20H,8,12,16H2,1-2H3,(H,26,27). The Hall–Kier alpha value is -3.27. The molecule has 0 bridgehead atoms. The Balaban J connectivity index is 1.47. The Morgan fingerprint density at radius 1 is 0.931 bits per heavy atom. The van der Waals surface area contributed by atoms with Crippen molar-refractivity contribution in [1.29, 1.82) is 0 Å². The molecule has 0 aliphatic carbocycles. The predicted molar refractivity (Wildman–Crippen MR) is 117 cm³/mol. The molecule has 3 aromatic carbocycles. The molecule has 0 saturated heterocycles. The molecule has 4 heteroatoms. The van der Waals surface area contributed by atoms with Crippen LogP contribution >= 0.6 is 0 Å². The zero-order valence-corrected chi connectivity index (χ0v) is 16.9. The molecule has 1 amide bonds. The Kier molecular flexibility index (Phi) is 7.28. The molecule has 0 heterocycles. The summed E-state index contributed by atoms with van der Waals surface area (Å²) in [6.45, 7) is 4.35. The van der Waals surface area contributed by atoms with Crippen LogP contribution in [-0.4, -0.2) is 18.6 Å². The number of aryl methyl sites for hydroxylation is 2. The first kappa shape index (κ1) is 20.5. The van der Waals surface area contributed by atoms with Crippen molar-refractivity contribution in [1.82, 2.24) is 0 Å². The normalized spacial score (nSPS) is 11.5. The van der Waals surface area contributed by atoms with Gasteiger partial charge < -0.3 is 14.8 Å². The summed E-state index contributed by atoms with van der Waals surface area (Å²) in [6.07, 6.45) is 1.31. The summed E-state index contributed by atoms with van der Waals surface area (Å²) >= 11 is 0. The molecule has 0 aliphatic heterocycles. The minimum atomic E-state index is -0.604. The van der Waals surface area contributed by atoms with Gasteiger partial charge in [-0.25, -0.2) is 0 Å². The van der Waals surface area contributed by atoms with E-state index >= 15 is 0 Å². The van der Waals surface area contributed by atoms with E-state index in [4.69, 9.17) is 9.47 Å². The summed E-state index contributed by atoms with van der Waals surface area (Å²) in [4.78, 5) is 12.5. The van der Waals surface area contributed by atoms with E-state index in [-0.39, 0.29) is 5.91 Å². The fraction of sp³-hybridized carbons (Fsp3) is 0.240. The third-order valence-corrected chi connectivity index (χ3v) is 4.49. The SMILES string of the molecule is Cc1cccc(OC(C)C(=O)Nc2cccc(OCCCc3ccccc3)c2)c1. The van der Waals surface area contributed by atoms with Crippen LogP contribution in [0.15, 0.2) is 78.9 Å². The lowest BCUT2D eigenvalue weighted by Crippen LogP contribution is -2.30. The van der Waals surface area contributed by atoms with E-state index in [0.29, 0.717) is 18.0 Å². The summed E-state index contributed by atoms with van der Waals surface area (Å²) in [5.41, 5.74) is 3.09. The Morgan fingerprint density at radius 2 is 1.69 bits per heavy atom. The highest BCUT2D eigenvalue weighted by Gasteiger charge is 2.15. The third kappa shape index (κ3) is 6.68. The summed E-state index contributed by atoms with van der Waals surface area (Å²) in [5.74, 6) is 1.22. The number of carbonyl (C=O) groups is 1. The Morgan fingerprint density at radius 3 is 2.48 bits per heavy atom. The number of anilines is 1. The maximum atomic E-state index is 12.5. The molecule has 0 spiro atoms. The molecule has 1 N–H and O–H groups in total. The van der Waals surface area contributed by atoms with Crippen LogP contribution in [0, 0.1) is 6.92 Å². The summed E-state index contributed by atoms with van der Waals surface area (Å²) in [6, 6.07) is 25.5. The lowest BCUT2D eigenvalue weighted by Gasteiger charge is -2.15. The van der Waals surface area contributed by atoms with Crippen LogP contribution in [0.25, 0.3) is 0 Å². The fourth-order valence-electron chi connectivity index (χ4n) is 2.96. The average molecular weight is 389 g/mol. The van der Waals surface area contributed by atoms with E-state index in [1.54, 1.807) is 6.92 Å². The average Bonchev–Trinajstić information content (AvgIpc) is 2.72. The highest BCUT2D eigenvalue weighted by molar-refractivity contribution is 5.94. The van der Waals surface area contributed by atoms with Crippen LogP contribution in [0.4, 0.5) is 5.69 Å². The number of nitrogens with one attached hydrogen (secondary N) is 1. The topological polar surface area (TPSA) is 47.6 Å². The van der Waals surface area contributed by atoms with Crippen molar-refractivity contribution in [2.24, 2.45) is 0 Å². The molecule has 3 aromatic rings. The molecule has 0 aromatic heterocycles. The van der Waals surface area contributed by atoms with Crippen molar-refractivity contribution in [3.8, 4) is 11.5 Å². The maximum Gasteiger partial charge on any atom is 0.265 e. The van der Waals surface area contributed by atoms with E-state index < -0.39 is 6.10 Å². The van der Waals surface area contributed by atoms with Gasteiger partial charge in [-0.2, -0.15) is 0 Å². The second-order valence-corrected chi connectivity index (χ2v) is 7.03. The first-order valence-electron chi connectivity index (χ1n) is 9.91. The number of amides is 1. The van der Waals surface area contributed by atoms with E-state index in [0.717, 1.165) is 24.2 Å². The van der Waals surface area contributed by atoms with E-state index in [2.05, 4.69) is 17.4 Å². The maximum absolute atomic E-state index is 12.5. The van der Waals surface area contributed by atoms with Gasteiger partial charge >= 0.3 is 0 Å². The Bertz CT molecular complexity index is 924. The van der Waals surface area contributed by atoms with Crippen molar-refractivity contribution >= 4 is 11.6 Å². The number of benzene rings is 3. The van der Waals surface area contributed by atoms with Crippen LogP contribution < -0.4 is 14.8 Å². The number of ether oxygens (including phenoxy) is 2. The number of hydrogen-bond acceptors (Lipinski definition) is 3. The van der Waals surface area contributed by atoms with Gasteiger partial charge in [-0.1, -0.05) is 48.5 Å². The van der Waals surface area contributed by atoms with Gasteiger partial charge in [-0.3, -0.25) is 4.79 Å². The first-order chi connectivity index (χ1) is 14.1. The smallest absolute Gasteiger partial charge is 0.265 e. The minimum Gasteiger partial charge on any atom is -0.494 e. The lowest BCUT2D eigenvalue weighted by molar-refractivity contribution is -0.122. The molecular formula is C25H27NO3. The lowest BCUT2D eigenvalue weighted by atomic mass is 10.1. The number of hydrogen-bond donors (Lipinski definition) is 1. The molecule has 0 aliphatic rings. The quantitative estimate of drug-likeness (QED) is 0.498. The second kappa shape index (κ2) is 10.3. The molecule has 150 valence electrons. The number of carbonyl (C=O) groups excluding carboxylic acids is 1. The van der Waals surface area contributed by atoms with Gasteiger partial charge in [0.15, 0.2) is 6.10 Å². The zero-order chi connectivity index (χ0) is 20.5. The molecular weight excluding hydrogens is 362 g/mol. The highest BCUT2D eigenvalue weighted by atomic mass is 16.5. The second-order valence-electron chi connectivity index (χ2n) is 7.03. The summed E-state index contributed by atoms with van der Waals surface area (Å²) < 4.78 is 11.6. The van der Waals surface area contributed by atoms with Crippen molar-refractivity contribution in [3.63, 3.8) is 0 Å². The van der Waals surface area contributed by atoms with Crippen LogP contribution in [0.2, 0.25) is 0 Å². The number of rotatable bonds is 9. The van der Waals surface area contributed by atoms with Gasteiger partial charge in [0.25, 0.3) is 5.91 Å². The van der Waals surface area contributed by atoms with Gasteiger partial charge in [0.2, 0.25) is 0 Å². The molecule has 0 radical (unpaired) electrons. The molecule has 1 unspecified atom stereocenters. The molecule has 1 atom stereocenters. The van der Waals surface area contributed by atoms with Crippen molar-refractivity contribution in [2.75, 3.05) is 11.9 Å². The van der Waals surface area contributed by atoms with Crippen LogP contribution in [0.5, 0.6) is 11.5 Å². The molecule has 29 heavy (non-hydrogen) atoms. The fourth-order valence-corrected chi connectivity index (χ4v) is 2.96. The van der Waals surface area contributed by atoms with Crippen molar-refractivity contribution in [2.45, 2.75) is 32.8 Å². The monoisotopic (exact) mass is 389 g/mol. The highest BCUT2D eigenvalue weighted by Crippen LogP contribution is 2.19. The van der Waals surface area contributed by atoms with E-state index in [9.17, 15) is 4.79 Å². The van der Waals surface area contributed by atoms with Crippen LogP contribution in [0.1, 0.15) is 24.5 Å². The Labute approximate surface area is 172 Å². The molecule has 0 saturated carbocycles. The van der Waals surface area contributed by atoms with Gasteiger partial charge in [0, 0.05) is 11.8 Å². The van der Waals surface area contributed by atoms with Gasteiger partial charge in [-0.15, -0.1) is 0 Å². The molecule has 4 nitrogen and oxygen atoms in total. The van der Waals surface area contributed by atoms with Gasteiger partial charge in [-0.05, 0) is 62.1 Å². The van der Waals surface area contributed by atoms with Crippen LogP contribution in [-0.2, 0) is 11.2 Å². The van der Waals surface area contributed by atoms with Crippen molar-refractivity contribution in [3.05, 3.63) is 90.0 Å². The first-order valence-corrected chi connectivity index (χ1v) is 9.91. The van der Waals surface area contributed by atoms with Crippen LogP contribution in [0.3, 0.4) is 0 Å². The van der Waals surface area contributed by atoms with E-state index in [1.165, 1.54) is 5.56 Å². The van der Waals surface area contributed by atoms with Crippen molar-refractivity contribution < 1.29 is 14.3 Å².